The van der Waals surface area contributed by atoms with Gasteiger partial charge in [0.1, 0.15) is 11.2 Å². The maximum atomic E-state index is 6.73. The lowest BCUT2D eigenvalue weighted by atomic mass is 10.00. The Kier molecular flexibility index (Phi) is 7.05. The second-order valence-electron chi connectivity index (χ2n) is 15.2. The van der Waals surface area contributed by atoms with E-state index in [1.54, 1.807) is 0 Å². The molecular weight excluding hydrogens is 757 g/mol. The number of nitrogens with zero attached hydrogens (tertiary/aromatic N) is 2. The van der Waals surface area contributed by atoms with E-state index in [-0.39, 0.29) is 0 Å². The van der Waals surface area contributed by atoms with Crippen molar-refractivity contribution in [3.63, 3.8) is 0 Å². The Morgan fingerprint density at radius 1 is 0.373 bits per heavy atom. The molecule has 0 spiro atoms. The molecule has 0 aliphatic carbocycles. The number of hydrogen-bond acceptors (Lipinski definition) is 4. The van der Waals surface area contributed by atoms with E-state index in [1.807, 2.05) is 22.7 Å². The highest BCUT2D eigenvalue weighted by Gasteiger charge is 2.25. The van der Waals surface area contributed by atoms with Crippen LogP contribution < -0.4 is 4.90 Å². The number of hydrogen-bond donors (Lipinski definition) is 0. The molecule has 0 bridgehead atoms. The van der Waals surface area contributed by atoms with Crippen LogP contribution in [0.5, 0.6) is 0 Å². The molecule has 5 heteroatoms. The first-order valence-electron chi connectivity index (χ1n) is 19.9. The third kappa shape index (κ3) is 4.86. The van der Waals surface area contributed by atoms with Crippen molar-refractivity contribution in [2.45, 2.75) is 0 Å². The Bertz CT molecular complexity index is 3700. The third-order valence-electron chi connectivity index (χ3n) is 12.0. The van der Waals surface area contributed by atoms with Gasteiger partial charge in [0, 0.05) is 52.8 Å². The standard InChI is InChI=1S/C54H32N2OS2/c1-2-13-35(14-3-1)55-43-20-7-4-15-36(43)41-31-33(27-29-44(41)55)34-28-30-48-42(32-34)52-45(21-12-24-49(52)57-48)56(46-22-10-18-39-37-16-5-8-25-50(37)58-53(39)46)47-23-11-19-40-38-17-6-9-26-51(38)59-54(40)47/h1-32H. The van der Waals surface area contributed by atoms with Gasteiger partial charge in [-0.25, -0.2) is 0 Å². The number of aromatic nitrogens is 1. The lowest BCUT2D eigenvalue weighted by Gasteiger charge is -2.27. The van der Waals surface area contributed by atoms with Crippen molar-refractivity contribution in [3.8, 4) is 16.8 Å². The van der Waals surface area contributed by atoms with E-state index in [0.717, 1.165) is 50.3 Å². The zero-order valence-electron chi connectivity index (χ0n) is 31.6. The molecule has 0 aliphatic rings. The summed E-state index contributed by atoms with van der Waals surface area (Å²) in [5, 5.41) is 9.79. The Balaban J connectivity index is 1.07. The van der Waals surface area contributed by atoms with Crippen LogP contribution in [0.2, 0.25) is 0 Å². The molecule has 0 aliphatic heterocycles. The first-order chi connectivity index (χ1) is 29.3. The van der Waals surface area contributed by atoms with E-state index >= 15 is 0 Å². The van der Waals surface area contributed by atoms with Crippen LogP contribution in [0, 0.1) is 0 Å². The Hall–Kier alpha value is -7.18. The van der Waals surface area contributed by atoms with Crippen LogP contribution in [0.25, 0.3) is 101 Å². The smallest absolute Gasteiger partial charge is 0.137 e. The van der Waals surface area contributed by atoms with Crippen LogP contribution in [0.3, 0.4) is 0 Å². The predicted octanol–water partition coefficient (Wildman–Crippen LogP) is 16.6. The summed E-state index contributed by atoms with van der Waals surface area (Å²) in [4.78, 5) is 2.50. The summed E-state index contributed by atoms with van der Waals surface area (Å²) in [5.41, 5.74) is 11.0. The van der Waals surface area contributed by atoms with Crippen molar-refractivity contribution in [2.24, 2.45) is 0 Å². The van der Waals surface area contributed by atoms with E-state index < -0.39 is 0 Å². The second kappa shape index (κ2) is 12.7. The lowest BCUT2D eigenvalue weighted by molar-refractivity contribution is 0.669. The second-order valence-corrected chi connectivity index (χ2v) is 17.3. The highest BCUT2D eigenvalue weighted by Crippen LogP contribution is 2.51. The van der Waals surface area contributed by atoms with Crippen molar-refractivity contribution in [2.75, 3.05) is 4.90 Å². The first kappa shape index (κ1) is 32.9. The number of para-hydroxylation sites is 2. The van der Waals surface area contributed by atoms with E-state index in [4.69, 9.17) is 4.42 Å². The monoisotopic (exact) mass is 788 g/mol. The molecule has 0 saturated carbocycles. The van der Waals surface area contributed by atoms with Crippen LogP contribution in [0.15, 0.2) is 199 Å². The van der Waals surface area contributed by atoms with Gasteiger partial charge in [0.05, 0.1) is 42.9 Å². The summed E-state index contributed by atoms with van der Waals surface area (Å²) in [7, 11) is 0. The Morgan fingerprint density at radius 3 is 1.63 bits per heavy atom. The van der Waals surface area contributed by atoms with Gasteiger partial charge in [-0.15, -0.1) is 22.7 Å². The molecule has 0 N–H and O–H groups in total. The molecule has 0 radical (unpaired) electrons. The van der Waals surface area contributed by atoms with Crippen molar-refractivity contribution in [1.82, 2.24) is 4.57 Å². The van der Waals surface area contributed by atoms with Gasteiger partial charge in [-0.05, 0) is 90.0 Å². The maximum Gasteiger partial charge on any atom is 0.137 e. The molecule has 0 saturated heterocycles. The highest BCUT2D eigenvalue weighted by molar-refractivity contribution is 7.27. The predicted molar refractivity (Wildman–Crippen MR) is 254 cm³/mol. The molecule has 276 valence electrons. The topological polar surface area (TPSA) is 21.3 Å². The minimum atomic E-state index is 0.869. The van der Waals surface area contributed by atoms with Crippen molar-refractivity contribution in [1.29, 1.82) is 0 Å². The van der Waals surface area contributed by atoms with Crippen molar-refractivity contribution in [3.05, 3.63) is 194 Å². The van der Waals surface area contributed by atoms with E-state index in [2.05, 4.69) is 204 Å². The van der Waals surface area contributed by atoms with Crippen LogP contribution in [0.4, 0.5) is 17.1 Å². The molecule has 4 aromatic heterocycles. The molecule has 0 unspecified atom stereocenters. The molecule has 59 heavy (non-hydrogen) atoms. The molecule has 4 heterocycles. The number of anilines is 3. The quantitative estimate of drug-likeness (QED) is 0.173. The van der Waals surface area contributed by atoms with Gasteiger partial charge < -0.3 is 13.9 Å². The Labute approximate surface area is 346 Å². The summed E-state index contributed by atoms with van der Waals surface area (Å²) in [6, 6.07) is 70.6. The fourth-order valence-electron chi connectivity index (χ4n) is 9.39. The molecule has 0 atom stereocenters. The Morgan fingerprint density at radius 2 is 0.915 bits per heavy atom. The summed E-state index contributed by atoms with van der Waals surface area (Å²) >= 11 is 3.73. The summed E-state index contributed by atoms with van der Waals surface area (Å²) in [5.74, 6) is 0. The van der Waals surface area contributed by atoms with Gasteiger partial charge in [-0.2, -0.15) is 0 Å². The molecule has 0 amide bonds. The minimum Gasteiger partial charge on any atom is -0.456 e. The fraction of sp³-hybridized carbons (Fsp3) is 0. The van der Waals surface area contributed by atoms with Gasteiger partial charge in [-0.3, -0.25) is 0 Å². The highest BCUT2D eigenvalue weighted by atomic mass is 32.1. The van der Waals surface area contributed by atoms with Gasteiger partial charge in [0.25, 0.3) is 0 Å². The van der Waals surface area contributed by atoms with Crippen LogP contribution >= 0.6 is 22.7 Å². The van der Waals surface area contributed by atoms with E-state index in [1.165, 1.54) is 67.7 Å². The number of fused-ring (bicyclic) bond motifs is 12. The van der Waals surface area contributed by atoms with Crippen molar-refractivity contribution >= 4 is 124 Å². The van der Waals surface area contributed by atoms with Gasteiger partial charge in [0.2, 0.25) is 0 Å². The van der Waals surface area contributed by atoms with Crippen LogP contribution in [0.1, 0.15) is 0 Å². The summed E-state index contributed by atoms with van der Waals surface area (Å²) in [6.07, 6.45) is 0. The van der Waals surface area contributed by atoms with Crippen LogP contribution in [-0.4, -0.2) is 4.57 Å². The fourth-order valence-corrected chi connectivity index (χ4v) is 11.8. The number of thiophene rings is 2. The average molecular weight is 789 g/mol. The molecule has 13 rings (SSSR count). The van der Waals surface area contributed by atoms with Gasteiger partial charge >= 0.3 is 0 Å². The number of furan rings is 1. The first-order valence-corrected chi connectivity index (χ1v) is 21.6. The third-order valence-corrected chi connectivity index (χ3v) is 14.4. The SMILES string of the molecule is c1ccc(-n2c3ccccc3c3cc(-c4ccc5oc6cccc(N(c7cccc8c7sc7ccccc78)c7cccc8c7sc7ccccc78)c6c5c4)ccc32)cc1. The minimum absolute atomic E-state index is 0.869. The van der Waals surface area contributed by atoms with Crippen molar-refractivity contribution < 1.29 is 4.42 Å². The molecular formula is C54H32N2OS2. The zero-order valence-corrected chi connectivity index (χ0v) is 33.2. The normalized spacial score (nSPS) is 12.1. The van der Waals surface area contributed by atoms with Gasteiger partial charge in [-0.1, -0.05) is 115 Å². The zero-order chi connectivity index (χ0) is 38.6. The lowest BCUT2D eigenvalue weighted by Crippen LogP contribution is -2.10. The number of rotatable bonds is 5. The maximum absolute atomic E-state index is 6.73. The molecule has 3 nitrogen and oxygen atoms in total. The number of benzene rings is 9. The van der Waals surface area contributed by atoms with E-state index in [9.17, 15) is 0 Å². The summed E-state index contributed by atoms with van der Waals surface area (Å²) < 4.78 is 14.2. The molecule has 13 aromatic rings. The van der Waals surface area contributed by atoms with Crippen LogP contribution in [-0.2, 0) is 0 Å². The average Bonchev–Trinajstić information content (AvgIpc) is 4.06. The molecule has 0 fully saturated rings. The van der Waals surface area contributed by atoms with E-state index in [0.29, 0.717) is 0 Å². The molecule has 9 aromatic carbocycles. The van der Waals surface area contributed by atoms with Gasteiger partial charge in [0.15, 0.2) is 0 Å². The largest absolute Gasteiger partial charge is 0.456 e. The summed E-state index contributed by atoms with van der Waals surface area (Å²) in [6.45, 7) is 0.